The number of pyridine rings is 1. The van der Waals surface area contributed by atoms with E-state index in [0.29, 0.717) is 46.5 Å². The number of morpholine rings is 1. The molecule has 3 heterocycles. The highest BCUT2D eigenvalue weighted by atomic mass is 32.2. The van der Waals surface area contributed by atoms with Crippen molar-refractivity contribution in [3.63, 3.8) is 0 Å². The summed E-state index contributed by atoms with van der Waals surface area (Å²) in [7, 11) is 0. The fraction of sp³-hybridized carbons (Fsp3) is 0.565. The highest BCUT2D eigenvalue weighted by Gasteiger charge is 2.34. The molecule has 7 nitrogen and oxygen atoms in total. The Bertz CT molecular complexity index is 1060. The van der Waals surface area contributed by atoms with E-state index in [1.165, 1.54) is 11.8 Å². The van der Waals surface area contributed by atoms with E-state index in [4.69, 9.17) is 17.0 Å². The molecular formula is C23H30N4O3S2. The normalized spacial score (nSPS) is 22.9. The first-order valence-corrected chi connectivity index (χ1v) is 12.1. The fourth-order valence-electron chi connectivity index (χ4n) is 4.28. The third-order valence-corrected chi connectivity index (χ3v) is 6.96. The molecule has 2 unspecified atom stereocenters. The summed E-state index contributed by atoms with van der Waals surface area (Å²) in [5.74, 6) is 0.887. The molecule has 172 valence electrons. The van der Waals surface area contributed by atoms with Gasteiger partial charge < -0.3 is 9.64 Å². The van der Waals surface area contributed by atoms with Crippen molar-refractivity contribution in [1.82, 2.24) is 9.47 Å². The number of amides is 1. The van der Waals surface area contributed by atoms with Crippen LogP contribution in [-0.4, -0.2) is 51.5 Å². The first-order chi connectivity index (χ1) is 15.1. The summed E-state index contributed by atoms with van der Waals surface area (Å²) in [5, 5.41) is 9.71. The number of aromatic nitrogens is 1. The van der Waals surface area contributed by atoms with Crippen LogP contribution in [0.3, 0.4) is 0 Å². The van der Waals surface area contributed by atoms with Gasteiger partial charge in [-0.2, -0.15) is 5.26 Å². The zero-order chi connectivity index (χ0) is 23.7. The maximum Gasteiger partial charge on any atom is 0.270 e. The minimum absolute atomic E-state index is 0.00721. The lowest BCUT2D eigenvalue weighted by Gasteiger charge is -2.39. The van der Waals surface area contributed by atoms with Crippen LogP contribution in [0.2, 0.25) is 0 Å². The maximum absolute atomic E-state index is 13.1. The Hall–Kier alpha value is -2.15. The van der Waals surface area contributed by atoms with Gasteiger partial charge in [0.15, 0.2) is 0 Å². The molecule has 2 aliphatic heterocycles. The average molecular weight is 475 g/mol. The van der Waals surface area contributed by atoms with E-state index in [1.807, 2.05) is 40.7 Å². The van der Waals surface area contributed by atoms with Gasteiger partial charge in [0.1, 0.15) is 21.8 Å². The van der Waals surface area contributed by atoms with Crippen LogP contribution in [0.1, 0.15) is 51.3 Å². The van der Waals surface area contributed by atoms with Gasteiger partial charge in [-0.3, -0.25) is 19.1 Å². The van der Waals surface area contributed by atoms with E-state index in [-0.39, 0.29) is 35.2 Å². The van der Waals surface area contributed by atoms with Crippen molar-refractivity contribution in [3.8, 4) is 6.07 Å². The molecule has 2 saturated heterocycles. The summed E-state index contributed by atoms with van der Waals surface area (Å²) in [6, 6.07) is 2.07. The van der Waals surface area contributed by atoms with Crippen molar-refractivity contribution < 1.29 is 9.53 Å². The van der Waals surface area contributed by atoms with E-state index in [1.54, 1.807) is 16.4 Å². The number of hydrogen-bond acceptors (Lipinski definition) is 7. The fourth-order valence-corrected chi connectivity index (χ4v) is 5.54. The summed E-state index contributed by atoms with van der Waals surface area (Å²) < 4.78 is 8.06. The predicted molar refractivity (Wildman–Crippen MR) is 133 cm³/mol. The van der Waals surface area contributed by atoms with Crippen LogP contribution < -0.4 is 10.5 Å². The average Bonchev–Trinajstić information content (AvgIpc) is 2.96. The molecule has 2 aliphatic rings. The van der Waals surface area contributed by atoms with E-state index < -0.39 is 0 Å². The van der Waals surface area contributed by atoms with E-state index in [2.05, 4.69) is 11.0 Å². The molecule has 2 fully saturated rings. The monoisotopic (exact) mass is 474 g/mol. The van der Waals surface area contributed by atoms with Crippen LogP contribution >= 0.6 is 24.0 Å². The Morgan fingerprint density at radius 1 is 1.28 bits per heavy atom. The van der Waals surface area contributed by atoms with Gasteiger partial charge in [0.05, 0.1) is 17.1 Å². The second kappa shape index (κ2) is 9.77. The van der Waals surface area contributed by atoms with Crippen LogP contribution in [0.4, 0.5) is 5.82 Å². The van der Waals surface area contributed by atoms with Gasteiger partial charge in [-0.05, 0) is 45.3 Å². The number of nitriles is 1. The van der Waals surface area contributed by atoms with Gasteiger partial charge in [0.2, 0.25) is 0 Å². The zero-order valence-electron chi connectivity index (χ0n) is 19.5. The molecular weight excluding hydrogens is 444 g/mol. The van der Waals surface area contributed by atoms with Crippen molar-refractivity contribution in [2.24, 2.45) is 5.92 Å². The molecule has 1 aromatic heterocycles. The van der Waals surface area contributed by atoms with Gasteiger partial charge in [0.25, 0.3) is 11.5 Å². The van der Waals surface area contributed by atoms with Crippen molar-refractivity contribution >= 4 is 46.1 Å². The minimum Gasteiger partial charge on any atom is -0.372 e. The number of carbonyl (C=O) groups is 1. The Labute approximate surface area is 199 Å². The van der Waals surface area contributed by atoms with Gasteiger partial charge in [0, 0.05) is 31.7 Å². The van der Waals surface area contributed by atoms with Crippen LogP contribution in [0.5, 0.6) is 0 Å². The highest BCUT2D eigenvalue weighted by Crippen LogP contribution is 2.36. The molecule has 0 spiro atoms. The summed E-state index contributed by atoms with van der Waals surface area (Å²) in [6.07, 6.45) is 1.79. The number of hydrogen-bond donors (Lipinski definition) is 0. The SMILES string of the molecule is CCn1c(N2CC(C)OC(C)C2)c(/C=C2\SC(=S)N(CC(C)C)C2=O)c(C)c(C#N)c1=O. The number of carbonyl (C=O) groups excluding carboxylic acids is 1. The second-order valence-electron chi connectivity index (χ2n) is 8.75. The summed E-state index contributed by atoms with van der Waals surface area (Å²) in [4.78, 5) is 30.5. The number of rotatable bonds is 5. The molecule has 9 heteroatoms. The molecule has 0 aromatic carbocycles. The number of thiocarbonyl (C=S) groups is 1. The van der Waals surface area contributed by atoms with E-state index in [0.717, 1.165) is 5.82 Å². The van der Waals surface area contributed by atoms with Crippen molar-refractivity contribution in [3.05, 3.63) is 31.9 Å². The third kappa shape index (κ3) is 4.63. The molecule has 2 atom stereocenters. The lowest BCUT2D eigenvalue weighted by Crippen LogP contribution is -2.48. The third-order valence-electron chi connectivity index (χ3n) is 5.58. The molecule has 0 radical (unpaired) electrons. The lowest BCUT2D eigenvalue weighted by molar-refractivity contribution is -0.122. The zero-order valence-corrected chi connectivity index (χ0v) is 21.1. The molecule has 0 aliphatic carbocycles. The van der Waals surface area contributed by atoms with Gasteiger partial charge in [-0.25, -0.2) is 0 Å². The predicted octanol–water partition coefficient (Wildman–Crippen LogP) is 3.52. The lowest BCUT2D eigenvalue weighted by atomic mass is 10.0. The van der Waals surface area contributed by atoms with Crippen molar-refractivity contribution in [1.29, 1.82) is 5.26 Å². The molecule has 32 heavy (non-hydrogen) atoms. The smallest absolute Gasteiger partial charge is 0.270 e. The Morgan fingerprint density at radius 3 is 2.44 bits per heavy atom. The van der Waals surface area contributed by atoms with Crippen LogP contribution in [0, 0.1) is 24.2 Å². The van der Waals surface area contributed by atoms with Gasteiger partial charge >= 0.3 is 0 Å². The number of thioether (sulfide) groups is 1. The van der Waals surface area contributed by atoms with E-state index >= 15 is 0 Å². The summed E-state index contributed by atoms with van der Waals surface area (Å²) in [5.41, 5.74) is 1.10. The maximum atomic E-state index is 13.1. The second-order valence-corrected chi connectivity index (χ2v) is 10.4. The summed E-state index contributed by atoms with van der Waals surface area (Å²) in [6.45, 7) is 14.0. The van der Waals surface area contributed by atoms with Crippen LogP contribution in [0.15, 0.2) is 9.70 Å². The van der Waals surface area contributed by atoms with Gasteiger partial charge in [-0.15, -0.1) is 0 Å². The summed E-state index contributed by atoms with van der Waals surface area (Å²) >= 11 is 6.73. The first kappa shape index (κ1) is 24.5. The molecule has 0 bridgehead atoms. The molecule has 0 N–H and O–H groups in total. The Balaban J connectivity index is 2.22. The first-order valence-electron chi connectivity index (χ1n) is 10.9. The molecule has 3 rings (SSSR count). The van der Waals surface area contributed by atoms with Gasteiger partial charge in [-0.1, -0.05) is 37.8 Å². The molecule has 0 saturated carbocycles. The van der Waals surface area contributed by atoms with Crippen molar-refractivity contribution in [2.45, 2.75) is 60.3 Å². The minimum atomic E-state index is -0.307. The van der Waals surface area contributed by atoms with Crippen LogP contribution in [-0.2, 0) is 16.1 Å². The topological polar surface area (TPSA) is 78.6 Å². The number of anilines is 1. The quantitative estimate of drug-likeness (QED) is 0.477. The Kier molecular flexibility index (Phi) is 7.48. The van der Waals surface area contributed by atoms with E-state index in [9.17, 15) is 14.9 Å². The highest BCUT2D eigenvalue weighted by molar-refractivity contribution is 8.26. The number of nitrogens with zero attached hydrogens (tertiary/aromatic N) is 4. The van der Waals surface area contributed by atoms with Crippen molar-refractivity contribution in [2.75, 3.05) is 24.5 Å². The standard InChI is InChI=1S/C23H30N4O3S2/c1-7-26-20(25-11-14(4)30-15(5)12-25)17(16(6)18(9-24)21(26)28)8-19-22(29)27(10-13(2)3)23(31)32-19/h8,13-15H,7,10-12H2,1-6H3/b19-8-. The number of ether oxygens (including phenoxy) is 1. The molecule has 1 aromatic rings. The largest absolute Gasteiger partial charge is 0.372 e. The van der Waals surface area contributed by atoms with Crippen LogP contribution in [0.25, 0.3) is 6.08 Å². The molecule has 1 amide bonds. The Morgan fingerprint density at radius 2 is 1.91 bits per heavy atom.